The molecule has 1 aliphatic rings. The Balaban J connectivity index is 2.09. The van der Waals surface area contributed by atoms with Gasteiger partial charge in [0, 0.05) is 19.2 Å². The highest BCUT2D eigenvalue weighted by molar-refractivity contribution is 5.73. The normalized spacial score (nSPS) is 20.1. The molecule has 1 aromatic heterocycles. The molecule has 1 aromatic rings. The number of carbonyl (C=O) groups excluding carboxylic acids is 1. The number of hydrogen-bond acceptors (Lipinski definition) is 6. The molecule has 17 heavy (non-hydrogen) atoms. The second kappa shape index (κ2) is 4.99. The minimum absolute atomic E-state index is 0.0788. The van der Waals surface area contributed by atoms with Gasteiger partial charge in [-0.3, -0.25) is 4.79 Å². The Morgan fingerprint density at radius 1 is 1.59 bits per heavy atom. The van der Waals surface area contributed by atoms with E-state index < -0.39 is 0 Å². The molecule has 0 amide bonds. The van der Waals surface area contributed by atoms with Gasteiger partial charge in [-0.2, -0.15) is 0 Å². The maximum atomic E-state index is 11.5. The molecule has 0 aliphatic carbocycles. The van der Waals surface area contributed by atoms with Crippen molar-refractivity contribution in [2.45, 2.75) is 12.8 Å². The summed E-state index contributed by atoms with van der Waals surface area (Å²) in [5.74, 6) is 0.975. The van der Waals surface area contributed by atoms with Crippen LogP contribution >= 0.6 is 0 Å². The highest BCUT2D eigenvalue weighted by atomic mass is 16.5. The molecule has 1 saturated heterocycles. The molecule has 1 unspecified atom stereocenters. The molecule has 2 N–H and O–H groups in total. The van der Waals surface area contributed by atoms with Gasteiger partial charge in [0.15, 0.2) is 0 Å². The highest BCUT2D eigenvalue weighted by Crippen LogP contribution is 2.22. The average molecular weight is 236 g/mol. The maximum Gasteiger partial charge on any atom is 0.310 e. The lowest BCUT2D eigenvalue weighted by Crippen LogP contribution is -2.39. The van der Waals surface area contributed by atoms with Crippen LogP contribution in [0.3, 0.4) is 0 Å². The summed E-state index contributed by atoms with van der Waals surface area (Å²) in [7, 11) is 1.42. The lowest BCUT2D eigenvalue weighted by molar-refractivity contribution is -0.145. The number of methoxy groups -OCH3 is 1. The molecule has 0 bridgehead atoms. The third-order valence-corrected chi connectivity index (χ3v) is 2.95. The van der Waals surface area contributed by atoms with Gasteiger partial charge >= 0.3 is 5.97 Å². The van der Waals surface area contributed by atoms with Crippen molar-refractivity contribution in [3.8, 4) is 0 Å². The molecule has 6 nitrogen and oxygen atoms in total. The second-order valence-corrected chi connectivity index (χ2v) is 4.11. The lowest BCUT2D eigenvalue weighted by Gasteiger charge is -2.32. The van der Waals surface area contributed by atoms with Gasteiger partial charge in [-0.05, 0) is 12.8 Å². The number of rotatable bonds is 2. The van der Waals surface area contributed by atoms with Crippen molar-refractivity contribution >= 4 is 17.6 Å². The smallest absolute Gasteiger partial charge is 0.310 e. The van der Waals surface area contributed by atoms with E-state index in [4.69, 9.17) is 10.5 Å². The predicted octanol–water partition coefficient (Wildman–Crippen LogP) is 0.448. The summed E-state index contributed by atoms with van der Waals surface area (Å²) in [5.41, 5.74) is 5.62. The monoisotopic (exact) mass is 236 g/mol. The number of ether oxygens (including phenoxy) is 1. The van der Waals surface area contributed by atoms with Crippen LogP contribution in [0.4, 0.5) is 11.6 Å². The van der Waals surface area contributed by atoms with E-state index in [9.17, 15) is 4.79 Å². The van der Waals surface area contributed by atoms with Crippen LogP contribution in [0.2, 0.25) is 0 Å². The molecule has 6 heteroatoms. The summed E-state index contributed by atoms with van der Waals surface area (Å²) in [5, 5.41) is 0. The SMILES string of the molecule is COC(=O)C1CCCN(c2cc(N)ncn2)C1. The van der Waals surface area contributed by atoms with Crippen LogP contribution in [0.25, 0.3) is 0 Å². The molecule has 1 aliphatic heterocycles. The first-order valence-corrected chi connectivity index (χ1v) is 5.61. The Kier molecular flexibility index (Phi) is 3.41. The minimum Gasteiger partial charge on any atom is -0.469 e. The summed E-state index contributed by atoms with van der Waals surface area (Å²) >= 11 is 0. The maximum absolute atomic E-state index is 11.5. The number of nitrogens with two attached hydrogens (primary N) is 1. The van der Waals surface area contributed by atoms with Crippen molar-refractivity contribution in [3.05, 3.63) is 12.4 Å². The molecule has 0 spiro atoms. The van der Waals surface area contributed by atoms with Gasteiger partial charge in [0.05, 0.1) is 13.0 Å². The molecule has 2 heterocycles. The van der Waals surface area contributed by atoms with Crippen LogP contribution in [-0.4, -0.2) is 36.1 Å². The zero-order valence-corrected chi connectivity index (χ0v) is 9.80. The minimum atomic E-state index is -0.156. The van der Waals surface area contributed by atoms with Gasteiger partial charge in [-0.25, -0.2) is 9.97 Å². The number of hydrogen-bond donors (Lipinski definition) is 1. The van der Waals surface area contributed by atoms with E-state index in [1.54, 1.807) is 6.07 Å². The standard InChI is InChI=1S/C11H16N4O2/c1-17-11(16)8-3-2-4-15(6-8)10-5-9(12)13-7-14-10/h5,7-8H,2-4,6H2,1H3,(H2,12,13,14). The third-order valence-electron chi connectivity index (χ3n) is 2.95. The summed E-state index contributed by atoms with van der Waals surface area (Å²) in [4.78, 5) is 21.6. The van der Waals surface area contributed by atoms with Gasteiger partial charge in [-0.15, -0.1) is 0 Å². The highest BCUT2D eigenvalue weighted by Gasteiger charge is 2.27. The number of anilines is 2. The molecule has 92 valence electrons. The van der Waals surface area contributed by atoms with E-state index in [1.807, 2.05) is 4.90 Å². The number of carbonyl (C=O) groups is 1. The summed E-state index contributed by atoms with van der Waals surface area (Å²) in [6.45, 7) is 1.51. The van der Waals surface area contributed by atoms with Crippen LogP contribution in [-0.2, 0) is 9.53 Å². The Morgan fingerprint density at radius 3 is 3.12 bits per heavy atom. The quantitative estimate of drug-likeness (QED) is 0.751. The van der Waals surface area contributed by atoms with E-state index in [-0.39, 0.29) is 11.9 Å². The summed E-state index contributed by atoms with van der Waals surface area (Å²) in [6, 6.07) is 1.72. The molecule has 1 fully saturated rings. The average Bonchev–Trinajstić information content (AvgIpc) is 2.38. The molecule has 1 atom stereocenters. The number of piperidine rings is 1. The van der Waals surface area contributed by atoms with Crippen molar-refractivity contribution < 1.29 is 9.53 Å². The topological polar surface area (TPSA) is 81.3 Å². The molecule has 0 aromatic carbocycles. The first-order chi connectivity index (χ1) is 8.20. The number of nitrogens with zero attached hydrogens (tertiary/aromatic N) is 3. The first kappa shape index (κ1) is 11.6. The van der Waals surface area contributed by atoms with Gasteiger partial charge in [-0.1, -0.05) is 0 Å². The van der Waals surface area contributed by atoms with Crippen molar-refractivity contribution in [1.82, 2.24) is 9.97 Å². The van der Waals surface area contributed by atoms with Crippen molar-refractivity contribution in [2.24, 2.45) is 5.92 Å². The third kappa shape index (κ3) is 2.64. The van der Waals surface area contributed by atoms with Crippen LogP contribution < -0.4 is 10.6 Å². The van der Waals surface area contributed by atoms with E-state index in [0.29, 0.717) is 12.4 Å². The summed E-state index contributed by atoms with van der Waals surface area (Å²) in [6.07, 6.45) is 3.25. The Labute approximate surface area is 99.8 Å². The lowest BCUT2D eigenvalue weighted by atomic mass is 9.98. The molecule has 2 rings (SSSR count). The fraction of sp³-hybridized carbons (Fsp3) is 0.545. The van der Waals surface area contributed by atoms with Crippen LogP contribution in [0.5, 0.6) is 0 Å². The van der Waals surface area contributed by atoms with Crippen molar-refractivity contribution in [3.63, 3.8) is 0 Å². The Bertz CT molecular complexity index is 410. The van der Waals surface area contributed by atoms with Crippen molar-refractivity contribution in [2.75, 3.05) is 30.8 Å². The fourth-order valence-corrected chi connectivity index (χ4v) is 2.08. The van der Waals surface area contributed by atoms with Gasteiger partial charge in [0.25, 0.3) is 0 Å². The summed E-state index contributed by atoms with van der Waals surface area (Å²) < 4.78 is 4.77. The number of nitrogen functional groups attached to an aromatic ring is 1. The first-order valence-electron chi connectivity index (χ1n) is 5.61. The Morgan fingerprint density at radius 2 is 2.41 bits per heavy atom. The molecular weight excluding hydrogens is 220 g/mol. The predicted molar refractivity (Wildman–Crippen MR) is 63.4 cm³/mol. The van der Waals surface area contributed by atoms with Gasteiger partial charge in [0.2, 0.25) is 0 Å². The largest absolute Gasteiger partial charge is 0.469 e. The van der Waals surface area contributed by atoms with Gasteiger partial charge in [0.1, 0.15) is 18.0 Å². The van der Waals surface area contributed by atoms with E-state index in [0.717, 1.165) is 25.2 Å². The molecule has 0 saturated carbocycles. The Hall–Kier alpha value is -1.85. The zero-order chi connectivity index (χ0) is 12.3. The van der Waals surface area contributed by atoms with Crippen LogP contribution in [0.1, 0.15) is 12.8 Å². The van der Waals surface area contributed by atoms with Crippen LogP contribution in [0.15, 0.2) is 12.4 Å². The number of aromatic nitrogens is 2. The van der Waals surface area contributed by atoms with E-state index >= 15 is 0 Å². The number of esters is 1. The fourth-order valence-electron chi connectivity index (χ4n) is 2.08. The zero-order valence-electron chi connectivity index (χ0n) is 9.80. The van der Waals surface area contributed by atoms with Crippen LogP contribution in [0, 0.1) is 5.92 Å². The van der Waals surface area contributed by atoms with Gasteiger partial charge < -0.3 is 15.4 Å². The molecule has 0 radical (unpaired) electrons. The van der Waals surface area contributed by atoms with E-state index in [2.05, 4.69) is 9.97 Å². The second-order valence-electron chi connectivity index (χ2n) is 4.11. The van der Waals surface area contributed by atoms with E-state index in [1.165, 1.54) is 13.4 Å². The van der Waals surface area contributed by atoms with Crippen molar-refractivity contribution in [1.29, 1.82) is 0 Å². The molecular formula is C11H16N4O2.